The second kappa shape index (κ2) is 5.65. The molecule has 1 aromatic heterocycles. The van der Waals surface area contributed by atoms with Crippen molar-refractivity contribution >= 4 is 11.8 Å². The molecule has 1 aliphatic carbocycles. The number of furan rings is 1. The summed E-state index contributed by atoms with van der Waals surface area (Å²) >= 11 is 0. The monoisotopic (exact) mass is 329 g/mol. The standard InChI is InChI=1S/C19H23NO4/c1-10-6-7-14(24-10)17-15(18(22)23-5)11(2)20-12-8-19(3,4)9-13(21)16(12)17/h6-7,17,20H,8-9H2,1-5H3. The minimum Gasteiger partial charge on any atom is -0.466 e. The van der Waals surface area contributed by atoms with Gasteiger partial charge in [-0.15, -0.1) is 0 Å². The summed E-state index contributed by atoms with van der Waals surface area (Å²) in [7, 11) is 1.35. The highest BCUT2D eigenvalue weighted by atomic mass is 16.5. The van der Waals surface area contributed by atoms with Gasteiger partial charge in [0.1, 0.15) is 11.5 Å². The molecular weight excluding hydrogens is 306 g/mol. The Morgan fingerprint density at radius 1 is 1.29 bits per heavy atom. The molecule has 2 heterocycles. The van der Waals surface area contributed by atoms with Crippen LogP contribution in [0.15, 0.2) is 39.1 Å². The van der Waals surface area contributed by atoms with Gasteiger partial charge >= 0.3 is 5.97 Å². The Kier molecular flexibility index (Phi) is 3.90. The summed E-state index contributed by atoms with van der Waals surface area (Å²) in [6.45, 7) is 7.85. The fourth-order valence-electron chi connectivity index (χ4n) is 3.71. The van der Waals surface area contributed by atoms with E-state index in [9.17, 15) is 9.59 Å². The molecule has 0 saturated carbocycles. The van der Waals surface area contributed by atoms with Crippen LogP contribution in [-0.2, 0) is 14.3 Å². The molecule has 1 aliphatic heterocycles. The smallest absolute Gasteiger partial charge is 0.336 e. The molecule has 1 atom stereocenters. The van der Waals surface area contributed by atoms with Gasteiger partial charge in [-0.1, -0.05) is 13.8 Å². The first-order chi connectivity index (χ1) is 11.2. The molecule has 0 bridgehead atoms. The van der Waals surface area contributed by atoms with Crippen molar-refractivity contribution in [1.82, 2.24) is 5.32 Å². The van der Waals surface area contributed by atoms with Crippen molar-refractivity contribution in [3.05, 3.63) is 46.2 Å². The van der Waals surface area contributed by atoms with Gasteiger partial charge in [0, 0.05) is 23.4 Å². The van der Waals surface area contributed by atoms with Crippen molar-refractivity contribution in [3.8, 4) is 0 Å². The molecule has 0 radical (unpaired) electrons. The Morgan fingerprint density at radius 3 is 2.58 bits per heavy atom. The molecule has 0 spiro atoms. The minimum atomic E-state index is -0.508. The van der Waals surface area contributed by atoms with Crippen molar-refractivity contribution in [2.75, 3.05) is 7.11 Å². The maximum absolute atomic E-state index is 12.9. The van der Waals surface area contributed by atoms with Gasteiger partial charge in [0.2, 0.25) is 0 Å². The van der Waals surface area contributed by atoms with E-state index in [-0.39, 0.29) is 11.2 Å². The number of rotatable bonds is 2. The van der Waals surface area contributed by atoms with Crippen LogP contribution in [-0.4, -0.2) is 18.9 Å². The zero-order valence-electron chi connectivity index (χ0n) is 14.8. The van der Waals surface area contributed by atoms with Crippen LogP contribution in [0.5, 0.6) is 0 Å². The fourth-order valence-corrected chi connectivity index (χ4v) is 3.71. The zero-order chi connectivity index (χ0) is 17.6. The summed E-state index contributed by atoms with van der Waals surface area (Å²) in [6.07, 6.45) is 1.22. The van der Waals surface area contributed by atoms with Crippen LogP contribution >= 0.6 is 0 Å². The highest BCUT2D eigenvalue weighted by molar-refractivity contribution is 6.03. The number of nitrogens with one attached hydrogen (secondary N) is 1. The van der Waals surface area contributed by atoms with Crippen molar-refractivity contribution < 1.29 is 18.7 Å². The minimum absolute atomic E-state index is 0.0571. The van der Waals surface area contributed by atoms with Crippen molar-refractivity contribution in [1.29, 1.82) is 0 Å². The van der Waals surface area contributed by atoms with Gasteiger partial charge in [0.25, 0.3) is 0 Å². The highest BCUT2D eigenvalue weighted by Crippen LogP contribution is 2.46. The first-order valence-electron chi connectivity index (χ1n) is 8.12. The molecule has 1 N–H and O–H groups in total. The molecule has 0 aromatic carbocycles. The largest absolute Gasteiger partial charge is 0.466 e. The van der Waals surface area contributed by atoms with Gasteiger partial charge in [-0.2, -0.15) is 0 Å². The lowest BCUT2D eigenvalue weighted by Gasteiger charge is -2.38. The van der Waals surface area contributed by atoms with Crippen molar-refractivity contribution in [3.63, 3.8) is 0 Å². The number of hydrogen-bond acceptors (Lipinski definition) is 5. The average molecular weight is 329 g/mol. The van der Waals surface area contributed by atoms with Crippen LogP contribution in [0, 0.1) is 12.3 Å². The molecule has 2 aliphatic rings. The first-order valence-corrected chi connectivity index (χ1v) is 8.12. The molecule has 3 rings (SSSR count). The maximum Gasteiger partial charge on any atom is 0.336 e. The molecule has 24 heavy (non-hydrogen) atoms. The summed E-state index contributed by atoms with van der Waals surface area (Å²) in [6, 6.07) is 3.68. The van der Waals surface area contributed by atoms with Crippen LogP contribution in [0.3, 0.4) is 0 Å². The lowest BCUT2D eigenvalue weighted by molar-refractivity contribution is -0.136. The van der Waals surface area contributed by atoms with Gasteiger partial charge in [-0.3, -0.25) is 4.79 Å². The summed E-state index contributed by atoms with van der Waals surface area (Å²) in [5.74, 6) is 0.460. The maximum atomic E-state index is 12.9. The Hall–Kier alpha value is -2.30. The third-order valence-electron chi connectivity index (χ3n) is 4.69. The van der Waals surface area contributed by atoms with Crippen molar-refractivity contribution in [2.24, 2.45) is 5.41 Å². The summed E-state index contributed by atoms with van der Waals surface area (Å²) in [5.41, 5.74) is 2.58. The normalized spacial score (nSPS) is 23.0. The van der Waals surface area contributed by atoms with Gasteiger partial charge < -0.3 is 14.5 Å². The quantitative estimate of drug-likeness (QED) is 0.843. The Labute approximate surface area is 141 Å². The lowest BCUT2D eigenvalue weighted by atomic mass is 9.69. The van der Waals surface area contributed by atoms with E-state index >= 15 is 0 Å². The number of dihydropyridines is 1. The van der Waals surface area contributed by atoms with Crippen molar-refractivity contribution in [2.45, 2.75) is 46.5 Å². The molecular formula is C19H23NO4. The van der Waals surface area contributed by atoms with E-state index in [1.807, 2.05) is 26.0 Å². The van der Waals surface area contributed by atoms with E-state index in [1.54, 1.807) is 0 Å². The van der Waals surface area contributed by atoms with E-state index in [4.69, 9.17) is 9.15 Å². The van der Waals surface area contributed by atoms with Crippen LogP contribution in [0.2, 0.25) is 0 Å². The topological polar surface area (TPSA) is 68.5 Å². The second-order valence-corrected chi connectivity index (χ2v) is 7.37. The third-order valence-corrected chi connectivity index (χ3v) is 4.69. The number of Topliss-reactive ketones (excluding diaryl/α,β-unsaturated/α-hetero) is 1. The van der Waals surface area contributed by atoms with Crippen LogP contribution in [0.1, 0.15) is 51.1 Å². The molecule has 128 valence electrons. The number of allylic oxidation sites excluding steroid dienone is 3. The number of hydrogen-bond donors (Lipinski definition) is 1. The number of carbonyl (C=O) groups excluding carboxylic acids is 2. The summed E-state index contributed by atoms with van der Waals surface area (Å²) in [4.78, 5) is 25.3. The number of aryl methyl sites for hydroxylation is 1. The number of ether oxygens (including phenoxy) is 1. The van der Waals surface area contributed by atoms with E-state index in [2.05, 4.69) is 19.2 Å². The molecule has 0 fully saturated rings. The van der Waals surface area contributed by atoms with Crippen LogP contribution in [0.25, 0.3) is 0 Å². The van der Waals surface area contributed by atoms with E-state index in [0.717, 1.165) is 17.9 Å². The van der Waals surface area contributed by atoms with Crippen LogP contribution in [0.4, 0.5) is 0 Å². The summed E-state index contributed by atoms with van der Waals surface area (Å²) in [5, 5.41) is 3.27. The molecule has 0 amide bonds. The Bertz CT molecular complexity index is 779. The Morgan fingerprint density at radius 2 is 2.00 bits per heavy atom. The lowest BCUT2D eigenvalue weighted by Crippen LogP contribution is -2.38. The van der Waals surface area contributed by atoms with E-state index in [1.165, 1.54) is 7.11 Å². The zero-order valence-corrected chi connectivity index (χ0v) is 14.8. The first kappa shape index (κ1) is 16.6. The third kappa shape index (κ3) is 2.68. The predicted octanol–water partition coefficient (Wildman–Crippen LogP) is 3.37. The molecule has 1 aromatic rings. The summed E-state index contributed by atoms with van der Waals surface area (Å²) < 4.78 is 10.8. The predicted molar refractivity (Wildman–Crippen MR) is 89.1 cm³/mol. The molecule has 5 nitrogen and oxygen atoms in total. The number of ketones is 1. The molecule has 0 saturated heterocycles. The van der Waals surface area contributed by atoms with Gasteiger partial charge in [-0.25, -0.2) is 4.79 Å². The van der Waals surface area contributed by atoms with Gasteiger partial charge in [0.15, 0.2) is 5.78 Å². The molecule has 1 unspecified atom stereocenters. The second-order valence-electron chi connectivity index (χ2n) is 7.37. The highest BCUT2D eigenvalue weighted by Gasteiger charge is 2.44. The SMILES string of the molecule is COC(=O)C1=C(C)NC2=C(C(=O)CC(C)(C)C2)C1c1ccc(C)o1. The average Bonchev–Trinajstić information content (AvgIpc) is 2.90. The Balaban J connectivity index is 2.18. The molecule has 5 heteroatoms. The number of esters is 1. The van der Waals surface area contributed by atoms with E-state index in [0.29, 0.717) is 29.0 Å². The van der Waals surface area contributed by atoms with Crippen LogP contribution < -0.4 is 5.32 Å². The van der Waals surface area contributed by atoms with Gasteiger partial charge in [-0.05, 0) is 37.8 Å². The fraction of sp³-hybridized carbons (Fsp3) is 0.474. The van der Waals surface area contributed by atoms with Gasteiger partial charge in [0.05, 0.1) is 18.6 Å². The van der Waals surface area contributed by atoms with E-state index < -0.39 is 11.9 Å². The number of carbonyl (C=O) groups is 2. The number of methoxy groups -OCH3 is 1.